The van der Waals surface area contributed by atoms with Crippen LogP contribution in [-0.4, -0.2) is 25.6 Å². The number of hydrogen-bond donors (Lipinski definition) is 0. The Hall–Kier alpha value is -1.08. The maximum atomic E-state index is 3.83. The third-order valence-corrected chi connectivity index (χ3v) is 2.51. The molecule has 0 N–H and O–H groups in total. The second-order valence-electron chi connectivity index (χ2n) is 4.57. The van der Waals surface area contributed by atoms with E-state index in [0.717, 1.165) is 10.9 Å². The predicted octanol–water partition coefficient (Wildman–Crippen LogP) is 3.01. The molecule has 0 bridgehead atoms. The molecule has 14 heavy (non-hydrogen) atoms. The number of benzene rings is 1. The average Bonchev–Trinajstić information content (AvgIpc) is 2.14. The second kappa shape index (κ2) is 4.43. The molecule has 1 unspecified atom stereocenters. The lowest BCUT2D eigenvalue weighted by Gasteiger charge is -2.34. The average molecular weight is 190 g/mol. The highest BCUT2D eigenvalue weighted by atomic mass is 15.3. The molecule has 1 aromatic carbocycles. The molecule has 0 fully saturated rings. The molecule has 0 aliphatic rings. The fourth-order valence-electron chi connectivity index (χ4n) is 1.73. The molecule has 1 heteroatoms. The Morgan fingerprint density at radius 3 is 2.21 bits per heavy atom. The van der Waals surface area contributed by atoms with Gasteiger partial charge in [-0.15, -0.1) is 6.58 Å². The van der Waals surface area contributed by atoms with Crippen LogP contribution in [0.3, 0.4) is 0 Å². The van der Waals surface area contributed by atoms with Crippen molar-refractivity contribution in [3.05, 3.63) is 48.6 Å². The Labute approximate surface area is 87.3 Å². The summed E-state index contributed by atoms with van der Waals surface area (Å²) in [5, 5.41) is 0. The third kappa shape index (κ3) is 2.71. The molecule has 1 rings (SSSR count). The summed E-state index contributed by atoms with van der Waals surface area (Å²) in [4.78, 5) is 0. The van der Waals surface area contributed by atoms with E-state index < -0.39 is 0 Å². The summed E-state index contributed by atoms with van der Waals surface area (Å²) in [5.41, 5.74) is 1.39. The van der Waals surface area contributed by atoms with E-state index in [1.54, 1.807) is 0 Å². The topological polar surface area (TPSA) is 0 Å². The summed E-state index contributed by atoms with van der Waals surface area (Å²) >= 11 is 0. The van der Waals surface area contributed by atoms with Crippen molar-refractivity contribution in [1.29, 1.82) is 0 Å². The van der Waals surface area contributed by atoms with Gasteiger partial charge in [0.1, 0.15) is 6.04 Å². The van der Waals surface area contributed by atoms with Crippen LogP contribution in [0.2, 0.25) is 0 Å². The van der Waals surface area contributed by atoms with Crippen molar-refractivity contribution >= 4 is 0 Å². The fourth-order valence-corrected chi connectivity index (χ4v) is 1.73. The zero-order chi connectivity index (χ0) is 10.6. The number of hydrogen-bond acceptors (Lipinski definition) is 0. The van der Waals surface area contributed by atoms with E-state index in [1.165, 1.54) is 5.56 Å². The second-order valence-corrected chi connectivity index (χ2v) is 4.57. The molecule has 0 spiro atoms. The van der Waals surface area contributed by atoms with Crippen LogP contribution in [-0.2, 0) is 0 Å². The van der Waals surface area contributed by atoms with Gasteiger partial charge in [-0.05, 0) is 0 Å². The van der Waals surface area contributed by atoms with E-state index >= 15 is 0 Å². The number of quaternary nitrogens is 1. The van der Waals surface area contributed by atoms with Crippen LogP contribution in [0, 0.1) is 0 Å². The van der Waals surface area contributed by atoms with E-state index in [9.17, 15) is 0 Å². The summed E-state index contributed by atoms with van der Waals surface area (Å²) < 4.78 is 0.941. The SMILES string of the molecule is C=CCC(c1ccccc1)[N+](C)(C)C. The summed E-state index contributed by atoms with van der Waals surface area (Å²) in [6.45, 7) is 3.83. The van der Waals surface area contributed by atoms with Gasteiger partial charge in [0, 0.05) is 12.0 Å². The molecule has 0 saturated heterocycles. The van der Waals surface area contributed by atoms with Gasteiger partial charge in [-0.1, -0.05) is 36.4 Å². The standard InChI is InChI=1S/C13H20N/c1-5-9-13(14(2,3)4)12-10-7-6-8-11-12/h5-8,10-11,13H,1,9H2,2-4H3/q+1. The molecule has 1 nitrogen and oxygen atoms in total. The van der Waals surface area contributed by atoms with E-state index in [1.807, 2.05) is 6.08 Å². The van der Waals surface area contributed by atoms with Crippen molar-refractivity contribution in [3.63, 3.8) is 0 Å². The summed E-state index contributed by atoms with van der Waals surface area (Å²) in [6, 6.07) is 11.1. The highest BCUT2D eigenvalue weighted by molar-refractivity contribution is 5.18. The minimum Gasteiger partial charge on any atom is -0.324 e. The van der Waals surface area contributed by atoms with Crippen LogP contribution in [0.4, 0.5) is 0 Å². The van der Waals surface area contributed by atoms with Crippen molar-refractivity contribution in [1.82, 2.24) is 0 Å². The molecule has 1 aromatic rings. The molecule has 0 aliphatic carbocycles. The van der Waals surface area contributed by atoms with Crippen LogP contribution >= 0.6 is 0 Å². The van der Waals surface area contributed by atoms with Gasteiger partial charge in [-0.3, -0.25) is 0 Å². The predicted molar refractivity (Wildman–Crippen MR) is 62.0 cm³/mol. The maximum absolute atomic E-state index is 3.83. The molecule has 0 aromatic heterocycles. The monoisotopic (exact) mass is 190 g/mol. The van der Waals surface area contributed by atoms with E-state index in [0.29, 0.717) is 6.04 Å². The van der Waals surface area contributed by atoms with Crippen molar-refractivity contribution < 1.29 is 4.48 Å². The van der Waals surface area contributed by atoms with E-state index in [2.05, 4.69) is 58.1 Å². The molecule has 0 amide bonds. The third-order valence-electron chi connectivity index (χ3n) is 2.51. The Balaban J connectivity index is 2.95. The van der Waals surface area contributed by atoms with E-state index in [4.69, 9.17) is 0 Å². The van der Waals surface area contributed by atoms with Gasteiger partial charge in [0.25, 0.3) is 0 Å². The summed E-state index contributed by atoms with van der Waals surface area (Å²) in [7, 11) is 6.67. The first-order valence-electron chi connectivity index (χ1n) is 5.02. The van der Waals surface area contributed by atoms with Crippen LogP contribution < -0.4 is 0 Å². The minimum atomic E-state index is 0.508. The normalized spacial score (nSPS) is 13.6. The van der Waals surface area contributed by atoms with Gasteiger partial charge in [0.2, 0.25) is 0 Å². The first-order chi connectivity index (χ1) is 6.55. The van der Waals surface area contributed by atoms with Crippen molar-refractivity contribution in [2.75, 3.05) is 21.1 Å². The summed E-state index contributed by atoms with van der Waals surface area (Å²) in [5.74, 6) is 0. The van der Waals surface area contributed by atoms with Crippen LogP contribution in [0.1, 0.15) is 18.0 Å². The van der Waals surface area contributed by atoms with Gasteiger partial charge in [-0.2, -0.15) is 0 Å². The minimum absolute atomic E-state index is 0.508. The Kier molecular flexibility index (Phi) is 3.48. The Morgan fingerprint density at radius 1 is 1.21 bits per heavy atom. The summed E-state index contributed by atoms with van der Waals surface area (Å²) in [6.07, 6.45) is 3.02. The van der Waals surface area contributed by atoms with Gasteiger partial charge in [-0.25, -0.2) is 0 Å². The molecule has 0 radical (unpaired) electrons. The first kappa shape index (κ1) is 11.0. The van der Waals surface area contributed by atoms with Crippen LogP contribution in [0.15, 0.2) is 43.0 Å². The molecule has 1 atom stereocenters. The van der Waals surface area contributed by atoms with E-state index in [-0.39, 0.29) is 0 Å². The molecular formula is C13H20N+. The zero-order valence-electron chi connectivity index (χ0n) is 9.40. The lowest BCUT2D eigenvalue weighted by atomic mass is 10.0. The number of rotatable bonds is 4. The zero-order valence-corrected chi connectivity index (χ0v) is 9.40. The lowest BCUT2D eigenvalue weighted by molar-refractivity contribution is -0.901. The Morgan fingerprint density at radius 2 is 1.79 bits per heavy atom. The molecule has 0 saturated carbocycles. The fraction of sp³-hybridized carbons (Fsp3) is 0.385. The van der Waals surface area contributed by atoms with Crippen LogP contribution in [0.25, 0.3) is 0 Å². The van der Waals surface area contributed by atoms with Gasteiger partial charge in [0.05, 0.1) is 21.1 Å². The van der Waals surface area contributed by atoms with Crippen molar-refractivity contribution in [3.8, 4) is 0 Å². The molecule has 0 aliphatic heterocycles. The highest BCUT2D eigenvalue weighted by Gasteiger charge is 2.23. The van der Waals surface area contributed by atoms with Gasteiger partial charge < -0.3 is 4.48 Å². The Bertz CT molecular complexity index is 282. The van der Waals surface area contributed by atoms with Gasteiger partial charge in [0.15, 0.2) is 0 Å². The quantitative estimate of drug-likeness (QED) is 0.506. The van der Waals surface area contributed by atoms with Crippen molar-refractivity contribution in [2.45, 2.75) is 12.5 Å². The smallest absolute Gasteiger partial charge is 0.117 e. The molecular weight excluding hydrogens is 170 g/mol. The first-order valence-corrected chi connectivity index (χ1v) is 5.02. The van der Waals surface area contributed by atoms with Gasteiger partial charge >= 0.3 is 0 Å². The van der Waals surface area contributed by atoms with Crippen LogP contribution in [0.5, 0.6) is 0 Å². The number of nitrogens with zero attached hydrogens (tertiary/aromatic N) is 1. The maximum Gasteiger partial charge on any atom is 0.117 e. The lowest BCUT2D eigenvalue weighted by Crippen LogP contribution is -2.38. The van der Waals surface area contributed by atoms with Crippen molar-refractivity contribution in [2.24, 2.45) is 0 Å². The highest BCUT2D eigenvalue weighted by Crippen LogP contribution is 2.26. The molecule has 76 valence electrons. The largest absolute Gasteiger partial charge is 0.324 e. The molecule has 0 heterocycles.